The molecule has 1 fully saturated rings. The Morgan fingerprint density at radius 3 is 2.63 bits per heavy atom. The molecule has 1 aliphatic rings. The molecule has 146 valence electrons. The molecule has 1 aromatic carbocycles. The highest BCUT2D eigenvalue weighted by atomic mass is 35.5. The first-order valence-corrected chi connectivity index (χ1v) is 9.58. The quantitative estimate of drug-likeness (QED) is 0.642. The molecule has 11 heteroatoms. The van der Waals surface area contributed by atoms with Crippen LogP contribution in [0.3, 0.4) is 0 Å². The predicted molar refractivity (Wildman–Crippen MR) is 99.9 cm³/mol. The molecule has 1 amide bonds. The number of nitrogens with one attached hydrogen (secondary N) is 2. The lowest BCUT2D eigenvalue weighted by molar-refractivity contribution is 0.0997. The third-order valence-corrected chi connectivity index (χ3v) is 5.75. The van der Waals surface area contributed by atoms with E-state index in [1.165, 1.54) is 22.9 Å². The largest absolute Gasteiger partial charge is 0.365 e. The number of carbonyl (C=O) groups excluding carboxylic acids is 1. The molecule has 0 unspecified atom stereocenters. The minimum absolute atomic E-state index is 0. The summed E-state index contributed by atoms with van der Waals surface area (Å²) in [5, 5.41) is 8.22. The van der Waals surface area contributed by atoms with Gasteiger partial charge in [-0.1, -0.05) is 11.6 Å². The molecule has 2 aromatic rings. The molecule has 7 nitrogen and oxygen atoms in total. The number of hydrogen-bond acceptors (Lipinski definition) is 4. The Morgan fingerprint density at radius 1 is 1.37 bits per heavy atom. The number of nitrogens with zero attached hydrogens (tertiary/aromatic N) is 1. The molecule has 1 heterocycles. The third-order valence-electron chi connectivity index (χ3n) is 3.92. The number of pyridine rings is 1. The van der Waals surface area contributed by atoms with E-state index in [1.807, 2.05) is 0 Å². The van der Waals surface area contributed by atoms with Crippen LogP contribution < -0.4 is 15.9 Å². The summed E-state index contributed by atoms with van der Waals surface area (Å²) >= 11 is 5.95. The Kier molecular flexibility index (Phi) is 6.31. The van der Waals surface area contributed by atoms with E-state index in [-0.39, 0.29) is 51.5 Å². The number of nitrogens with two attached hydrogens (primary N) is 1. The first-order chi connectivity index (χ1) is 12.2. The Morgan fingerprint density at radius 2 is 2.04 bits per heavy atom. The van der Waals surface area contributed by atoms with Crippen molar-refractivity contribution in [3.63, 3.8) is 0 Å². The Balaban J connectivity index is 0.00000261. The zero-order valence-corrected chi connectivity index (χ0v) is 16.3. The number of primary amides is 1. The lowest BCUT2D eigenvalue weighted by Gasteiger charge is -2.14. The van der Waals surface area contributed by atoms with E-state index in [9.17, 15) is 17.6 Å². The van der Waals surface area contributed by atoms with Crippen LogP contribution in [-0.2, 0) is 16.6 Å². The van der Waals surface area contributed by atoms with Gasteiger partial charge in [-0.15, -0.1) is 12.4 Å². The molecular formula is C16H17Cl2FN4O3S. The van der Waals surface area contributed by atoms with Gasteiger partial charge in [0, 0.05) is 12.2 Å². The summed E-state index contributed by atoms with van der Waals surface area (Å²) in [5.74, 6) is -1.46. The van der Waals surface area contributed by atoms with Crippen LogP contribution in [0.5, 0.6) is 0 Å². The zero-order valence-electron chi connectivity index (χ0n) is 13.9. The maximum absolute atomic E-state index is 13.7. The molecule has 0 spiro atoms. The summed E-state index contributed by atoms with van der Waals surface area (Å²) in [7, 11) is -3.83. The second kappa shape index (κ2) is 7.97. The highest BCUT2D eigenvalue weighted by Gasteiger charge is 2.29. The van der Waals surface area contributed by atoms with Crippen molar-refractivity contribution in [2.75, 3.05) is 0 Å². The Bertz CT molecular complexity index is 1050. The fraction of sp³-hybridized carbons (Fsp3) is 0.250. The van der Waals surface area contributed by atoms with Gasteiger partial charge in [-0.25, -0.2) is 17.5 Å². The van der Waals surface area contributed by atoms with Gasteiger partial charge in [0.05, 0.1) is 22.0 Å². The smallest absolute Gasteiger partial charge is 0.252 e. The standard InChI is InChI=1S/C16H16ClFN4O3S.ClH/c17-10-6-13(16(20)23)15(19)22(8-10)7-9-5-11(18)1-4-14(9)26(24,25)21-12-2-3-12;/h1,4-6,8,12,19,21H,2-3,7H2,(H2,20,23);1H. The summed E-state index contributed by atoms with van der Waals surface area (Å²) in [6.07, 6.45) is 2.88. The number of benzene rings is 1. The first kappa shape index (κ1) is 21.4. The molecule has 3 rings (SSSR count). The average Bonchev–Trinajstić information content (AvgIpc) is 3.33. The van der Waals surface area contributed by atoms with Crippen LogP contribution in [0.4, 0.5) is 4.39 Å². The van der Waals surface area contributed by atoms with Crippen LogP contribution in [-0.4, -0.2) is 24.9 Å². The molecule has 1 saturated carbocycles. The van der Waals surface area contributed by atoms with Gasteiger partial charge in [-0.2, -0.15) is 0 Å². The third kappa shape index (κ3) is 4.86. The highest BCUT2D eigenvalue weighted by molar-refractivity contribution is 7.89. The van der Waals surface area contributed by atoms with E-state index in [0.717, 1.165) is 25.0 Å². The van der Waals surface area contributed by atoms with Crippen LogP contribution in [0.25, 0.3) is 0 Å². The van der Waals surface area contributed by atoms with E-state index >= 15 is 0 Å². The lowest BCUT2D eigenvalue weighted by atomic mass is 10.2. The van der Waals surface area contributed by atoms with E-state index in [4.69, 9.17) is 22.7 Å². The van der Waals surface area contributed by atoms with Crippen molar-refractivity contribution >= 4 is 39.9 Å². The lowest BCUT2D eigenvalue weighted by Crippen LogP contribution is -2.31. The van der Waals surface area contributed by atoms with Crippen LogP contribution in [0.1, 0.15) is 28.8 Å². The van der Waals surface area contributed by atoms with E-state index < -0.39 is 21.7 Å². The monoisotopic (exact) mass is 434 g/mol. The van der Waals surface area contributed by atoms with Crippen molar-refractivity contribution in [3.8, 4) is 0 Å². The van der Waals surface area contributed by atoms with Gasteiger partial charge in [0.1, 0.15) is 11.3 Å². The molecule has 0 radical (unpaired) electrons. The normalized spacial score (nSPS) is 13.9. The van der Waals surface area contributed by atoms with Gasteiger partial charge in [-0.05, 0) is 42.7 Å². The molecule has 0 aliphatic heterocycles. The van der Waals surface area contributed by atoms with Crippen molar-refractivity contribution < 1.29 is 17.6 Å². The number of hydrogen-bond donors (Lipinski definition) is 3. The summed E-state index contributed by atoms with van der Waals surface area (Å²) in [6.45, 7) is -0.168. The number of carbonyl (C=O) groups is 1. The molecule has 0 saturated heterocycles. The summed E-state index contributed by atoms with van der Waals surface area (Å²) in [5.41, 5.74) is 5.01. The molecule has 0 bridgehead atoms. The van der Waals surface area contributed by atoms with Gasteiger partial charge in [-0.3, -0.25) is 10.2 Å². The molecule has 4 N–H and O–H groups in total. The minimum atomic E-state index is -3.83. The molecule has 0 atom stereocenters. The predicted octanol–water partition coefficient (Wildman–Crippen LogP) is 1.77. The van der Waals surface area contributed by atoms with Gasteiger partial charge < -0.3 is 10.3 Å². The van der Waals surface area contributed by atoms with Crippen molar-refractivity contribution in [1.29, 1.82) is 5.41 Å². The second-order valence-corrected chi connectivity index (χ2v) is 8.18. The van der Waals surface area contributed by atoms with Gasteiger partial charge in [0.15, 0.2) is 0 Å². The fourth-order valence-corrected chi connectivity index (χ4v) is 4.27. The van der Waals surface area contributed by atoms with Gasteiger partial charge in [0.25, 0.3) is 5.91 Å². The summed E-state index contributed by atoms with van der Waals surface area (Å²) < 4.78 is 42.6. The number of amides is 1. The van der Waals surface area contributed by atoms with Crippen molar-refractivity contribution in [1.82, 2.24) is 9.29 Å². The Hall–Kier alpha value is -1.94. The maximum Gasteiger partial charge on any atom is 0.252 e. The van der Waals surface area contributed by atoms with Gasteiger partial charge >= 0.3 is 0 Å². The second-order valence-electron chi connectivity index (χ2n) is 6.06. The first-order valence-electron chi connectivity index (χ1n) is 7.72. The van der Waals surface area contributed by atoms with Crippen molar-refractivity contribution in [3.05, 3.63) is 57.9 Å². The molecule has 1 aromatic heterocycles. The van der Waals surface area contributed by atoms with Crippen molar-refractivity contribution in [2.45, 2.75) is 30.3 Å². The number of rotatable bonds is 6. The van der Waals surface area contributed by atoms with Crippen LogP contribution >= 0.6 is 24.0 Å². The van der Waals surface area contributed by atoms with Crippen molar-refractivity contribution in [2.24, 2.45) is 5.73 Å². The highest BCUT2D eigenvalue weighted by Crippen LogP contribution is 2.24. The SMILES string of the molecule is Cl.N=c1c(C(N)=O)cc(Cl)cn1Cc1cc(F)ccc1S(=O)(=O)NC1CC1. The van der Waals surface area contributed by atoms with Crippen LogP contribution in [0, 0.1) is 11.2 Å². The number of halogens is 3. The van der Waals surface area contributed by atoms with E-state index in [1.54, 1.807) is 0 Å². The van der Waals surface area contributed by atoms with E-state index in [0.29, 0.717) is 0 Å². The number of sulfonamides is 1. The number of aromatic nitrogens is 1. The van der Waals surface area contributed by atoms with Gasteiger partial charge in [0.2, 0.25) is 10.0 Å². The van der Waals surface area contributed by atoms with Crippen LogP contribution in [0.15, 0.2) is 35.4 Å². The zero-order chi connectivity index (χ0) is 19.1. The molecule has 27 heavy (non-hydrogen) atoms. The summed E-state index contributed by atoms with van der Waals surface area (Å²) in [6, 6.07) is 4.47. The van der Waals surface area contributed by atoms with Crippen LogP contribution in [0.2, 0.25) is 5.02 Å². The minimum Gasteiger partial charge on any atom is -0.365 e. The molecular weight excluding hydrogens is 418 g/mol. The topological polar surface area (TPSA) is 118 Å². The fourth-order valence-electron chi connectivity index (χ4n) is 2.53. The Labute approximate surface area is 166 Å². The van der Waals surface area contributed by atoms with E-state index in [2.05, 4.69) is 4.72 Å². The average molecular weight is 435 g/mol. The molecule has 1 aliphatic carbocycles. The maximum atomic E-state index is 13.7. The summed E-state index contributed by atoms with van der Waals surface area (Å²) in [4.78, 5) is 11.4.